The lowest BCUT2D eigenvalue weighted by molar-refractivity contribution is -0.116. The molecule has 0 atom stereocenters. The van der Waals surface area contributed by atoms with E-state index in [0.717, 1.165) is 37.1 Å². The number of para-hydroxylation sites is 1. The van der Waals surface area contributed by atoms with Crippen LogP contribution in [0.1, 0.15) is 40.7 Å². The first-order valence-corrected chi connectivity index (χ1v) is 8.72. The fourth-order valence-electron chi connectivity index (χ4n) is 3.11. The first kappa shape index (κ1) is 17.2. The summed E-state index contributed by atoms with van der Waals surface area (Å²) in [6.07, 6.45) is 6.08. The van der Waals surface area contributed by atoms with Gasteiger partial charge in [0, 0.05) is 32.3 Å². The maximum Gasteiger partial charge on any atom is 0.255 e. The fourth-order valence-corrected chi connectivity index (χ4v) is 3.11. The third-order valence-corrected chi connectivity index (χ3v) is 4.49. The molecule has 0 radical (unpaired) electrons. The van der Waals surface area contributed by atoms with Gasteiger partial charge in [0.15, 0.2) is 0 Å². The maximum absolute atomic E-state index is 12.7. The molecule has 1 saturated heterocycles. The van der Waals surface area contributed by atoms with Crippen LogP contribution in [0.4, 0.5) is 5.69 Å². The molecular weight excluding hydrogens is 316 g/mol. The lowest BCUT2D eigenvalue weighted by atomic mass is 10.1. The summed E-state index contributed by atoms with van der Waals surface area (Å²) in [6, 6.07) is 5.56. The third-order valence-electron chi connectivity index (χ3n) is 4.49. The largest absolute Gasteiger partial charge is 0.339 e. The van der Waals surface area contributed by atoms with E-state index in [1.54, 1.807) is 16.9 Å². The molecule has 2 heterocycles. The Morgan fingerprint density at radius 2 is 1.96 bits per heavy atom. The molecule has 0 unspecified atom stereocenters. The first-order chi connectivity index (χ1) is 12.0. The molecule has 1 aromatic heterocycles. The molecular formula is C19H24N4O2. The second-order valence-corrected chi connectivity index (χ2v) is 6.58. The van der Waals surface area contributed by atoms with E-state index in [1.165, 1.54) is 0 Å². The predicted molar refractivity (Wildman–Crippen MR) is 96.5 cm³/mol. The monoisotopic (exact) mass is 340 g/mol. The highest BCUT2D eigenvalue weighted by Crippen LogP contribution is 2.24. The number of hydrogen-bond acceptors (Lipinski definition) is 3. The molecule has 0 spiro atoms. The molecule has 6 heteroatoms. The zero-order valence-electron chi connectivity index (χ0n) is 14.8. The van der Waals surface area contributed by atoms with E-state index in [4.69, 9.17) is 0 Å². The summed E-state index contributed by atoms with van der Waals surface area (Å²) < 4.78 is 1.75. The van der Waals surface area contributed by atoms with E-state index >= 15 is 0 Å². The van der Waals surface area contributed by atoms with Gasteiger partial charge in [0.25, 0.3) is 5.91 Å². The van der Waals surface area contributed by atoms with Crippen molar-refractivity contribution >= 4 is 17.5 Å². The number of carbonyl (C=O) groups is 2. The van der Waals surface area contributed by atoms with Crippen LogP contribution in [0.25, 0.3) is 0 Å². The van der Waals surface area contributed by atoms with Gasteiger partial charge in [-0.1, -0.05) is 12.1 Å². The van der Waals surface area contributed by atoms with E-state index in [0.29, 0.717) is 24.2 Å². The van der Waals surface area contributed by atoms with Crippen molar-refractivity contribution in [3.8, 4) is 0 Å². The second kappa shape index (κ2) is 7.51. The van der Waals surface area contributed by atoms with Crippen LogP contribution in [0, 0.1) is 13.8 Å². The highest BCUT2D eigenvalue weighted by Gasteiger charge is 2.23. The summed E-state index contributed by atoms with van der Waals surface area (Å²) in [5.41, 5.74) is 3.16. The van der Waals surface area contributed by atoms with E-state index in [2.05, 4.69) is 10.4 Å². The molecule has 25 heavy (non-hydrogen) atoms. The van der Waals surface area contributed by atoms with Gasteiger partial charge in [-0.15, -0.1) is 0 Å². The van der Waals surface area contributed by atoms with Crippen molar-refractivity contribution in [2.24, 2.45) is 0 Å². The van der Waals surface area contributed by atoms with Crippen LogP contribution in [0.2, 0.25) is 0 Å². The van der Waals surface area contributed by atoms with Gasteiger partial charge in [0.2, 0.25) is 5.91 Å². The van der Waals surface area contributed by atoms with Crippen molar-refractivity contribution in [3.05, 3.63) is 47.3 Å². The Hall–Kier alpha value is -2.63. The number of nitrogens with one attached hydrogen (secondary N) is 1. The highest BCUT2D eigenvalue weighted by atomic mass is 16.2. The van der Waals surface area contributed by atoms with Crippen molar-refractivity contribution in [1.82, 2.24) is 14.7 Å². The van der Waals surface area contributed by atoms with Gasteiger partial charge in [-0.05, 0) is 43.9 Å². The molecule has 0 bridgehead atoms. The zero-order chi connectivity index (χ0) is 17.8. The van der Waals surface area contributed by atoms with Crippen LogP contribution in [0.3, 0.4) is 0 Å². The van der Waals surface area contributed by atoms with Gasteiger partial charge in [-0.25, -0.2) is 0 Å². The van der Waals surface area contributed by atoms with Gasteiger partial charge in [0.05, 0.1) is 17.4 Å². The lowest BCUT2D eigenvalue weighted by Gasteiger charge is -2.19. The van der Waals surface area contributed by atoms with Crippen molar-refractivity contribution in [1.29, 1.82) is 0 Å². The van der Waals surface area contributed by atoms with Gasteiger partial charge in [-0.3, -0.25) is 14.3 Å². The first-order valence-electron chi connectivity index (χ1n) is 8.72. The van der Waals surface area contributed by atoms with Crippen LogP contribution in [0.5, 0.6) is 0 Å². The minimum atomic E-state index is -0.113. The number of anilines is 1. The second-order valence-electron chi connectivity index (χ2n) is 6.58. The number of hydrogen-bond donors (Lipinski definition) is 1. The molecule has 3 rings (SSSR count). The number of carbonyl (C=O) groups excluding carboxylic acids is 2. The minimum Gasteiger partial charge on any atom is -0.339 e. The number of aryl methyl sites for hydroxylation is 3. The number of likely N-dealkylation sites (tertiary alicyclic amines) is 1. The summed E-state index contributed by atoms with van der Waals surface area (Å²) in [5.74, 6) is -0.114. The maximum atomic E-state index is 12.7. The molecule has 1 aliphatic rings. The average molecular weight is 340 g/mol. The Bertz CT molecular complexity index is 775. The van der Waals surface area contributed by atoms with Crippen LogP contribution in [-0.4, -0.2) is 39.6 Å². The highest BCUT2D eigenvalue weighted by molar-refractivity contribution is 6.04. The van der Waals surface area contributed by atoms with Crippen molar-refractivity contribution in [2.75, 3.05) is 18.4 Å². The number of rotatable bonds is 5. The Morgan fingerprint density at radius 1 is 1.20 bits per heavy atom. The van der Waals surface area contributed by atoms with Crippen molar-refractivity contribution < 1.29 is 9.59 Å². The molecule has 1 fully saturated rings. The molecule has 1 aromatic carbocycles. The van der Waals surface area contributed by atoms with Crippen LogP contribution >= 0.6 is 0 Å². The fraction of sp³-hybridized carbons (Fsp3) is 0.421. The van der Waals surface area contributed by atoms with E-state index in [-0.39, 0.29) is 11.8 Å². The van der Waals surface area contributed by atoms with Gasteiger partial charge in [0.1, 0.15) is 0 Å². The Kier molecular flexibility index (Phi) is 5.16. The Balaban J connectivity index is 1.70. The van der Waals surface area contributed by atoms with Crippen LogP contribution in [0.15, 0.2) is 30.6 Å². The molecule has 2 aromatic rings. The number of amides is 2. The molecule has 0 aliphatic carbocycles. The molecule has 2 amide bonds. The molecule has 1 aliphatic heterocycles. The third kappa shape index (κ3) is 4.07. The average Bonchev–Trinajstić information content (AvgIpc) is 3.26. The topological polar surface area (TPSA) is 67.2 Å². The number of aromatic nitrogens is 2. The van der Waals surface area contributed by atoms with Gasteiger partial charge in [-0.2, -0.15) is 5.10 Å². The smallest absolute Gasteiger partial charge is 0.255 e. The van der Waals surface area contributed by atoms with Crippen molar-refractivity contribution in [2.45, 2.75) is 39.7 Å². The van der Waals surface area contributed by atoms with Crippen molar-refractivity contribution in [3.63, 3.8) is 0 Å². The van der Waals surface area contributed by atoms with Crippen LogP contribution < -0.4 is 5.32 Å². The number of nitrogens with zero attached hydrogens (tertiary/aromatic N) is 3. The molecule has 132 valence electrons. The number of benzene rings is 1. The Labute approximate surface area is 147 Å². The summed E-state index contributed by atoms with van der Waals surface area (Å²) in [7, 11) is 0. The molecule has 1 N–H and O–H groups in total. The predicted octanol–water partition coefficient (Wildman–Crippen LogP) is 2.76. The van der Waals surface area contributed by atoms with Gasteiger partial charge >= 0.3 is 0 Å². The molecule has 6 nitrogen and oxygen atoms in total. The quantitative estimate of drug-likeness (QED) is 0.910. The lowest BCUT2D eigenvalue weighted by Crippen LogP contribution is -2.29. The van der Waals surface area contributed by atoms with E-state index in [1.807, 2.05) is 37.1 Å². The van der Waals surface area contributed by atoms with E-state index < -0.39 is 0 Å². The summed E-state index contributed by atoms with van der Waals surface area (Å²) in [6.45, 7) is 5.97. The minimum absolute atomic E-state index is 0.000740. The standard InChI is InChI=1S/C19H24N4O2/c1-14-12-20-23(13-14)11-8-17(24)21-18-15(2)6-5-7-16(18)19(25)22-9-3-4-10-22/h5-7,12-13H,3-4,8-11H2,1-2H3,(H,21,24). The van der Waals surface area contributed by atoms with Crippen LogP contribution in [-0.2, 0) is 11.3 Å². The summed E-state index contributed by atoms with van der Waals surface area (Å²) >= 11 is 0. The van der Waals surface area contributed by atoms with Gasteiger partial charge < -0.3 is 10.2 Å². The SMILES string of the molecule is Cc1cnn(CCC(=O)Nc2c(C)cccc2C(=O)N2CCCC2)c1. The zero-order valence-corrected chi connectivity index (χ0v) is 14.8. The Morgan fingerprint density at radius 3 is 2.64 bits per heavy atom. The summed E-state index contributed by atoms with van der Waals surface area (Å²) in [4.78, 5) is 27.0. The normalized spacial score (nSPS) is 13.9. The van der Waals surface area contributed by atoms with E-state index in [9.17, 15) is 9.59 Å². The molecule has 0 saturated carbocycles. The summed E-state index contributed by atoms with van der Waals surface area (Å²) in [5, 5.41) is 7.12.